The number of hydrogen-bond donors (Lipinski definition) is 0. The second-order valence-corrected chi connectivity index (χ2v) is 11.4. The molecule has 0 bridgehead atoms. The van der Waals surface area contributed by atoms with Gasteiger partial charge in [-0.05, 0) is 0 Å². The average molecular weight is 406 g/mol. The van der Waals surface area contributed by atoms with Crippen LogP contribution in [0.1, 0.15) is 5.69 Å². The van der Waals surface area contributed by atoms with Gasteiger partial charge >= 0.3 is 177 Å². The molecule has 0 atom stereocenters. The number of benzene rings is 4. The van der Waals surface area contributed by atoms with Crippen LogP contribution >= 0.6 is 7.26 Å². The predicted molar refractivity (Wildman–Crippen MR) is 130 cm³/mol. The minimum atomic E-state index is -2.35. The number of hydrogen-bond acceptors (Lipinski definition) is 2. The Bertz CT molecular complexity index is 1160. The van der Waals surface area contributed by atoms with Crippen molar-refractivity contribution >= 4 is 34.2 Å². The van der Waals surface area contributed by atoms with Crippen LogP contribution in [-0.2, 0) is 6.16 Å². The molecule has 1 heterocycles. The fourth-order valence-electron chi connectivity index (χ4n) is 4.33. The summed E-state index contributed by atoms with van der Waals surface area (Å²) in [6.07, 6.45) is 2.82. The Morgan fingerprint density at radius 3 is 1.43 bits per heavy atom. The van der Waals surface area contributed by atoms with Crippen LogP contribution in [-0.4, -0.2) is 9.97 Å². The molecule has 146 valence electrons. The van der Waals surface area contributed by atoms with Crippen LogP contribution in [0.15, 0.2) is 121 Å². The Balaban J connectivity index is 1.76. The summed E-state index contributed by atoms with van der Waals surface area (Å²) in [5.74, 6) is 0. The maximum absolute atomic E-state index is 5.01. The minimum absolute atomic E-state index is 0.864. The summed E-state index contributed by atoms with van der Waals surface area (Å²) in [4.78, 5) is 9.71. The number of rotatable bonds is 5. The molecule has 0 aliphatic rings. The molecule has 0 fully saturated rings. The standard InChI is InChI=1S/C27H23N2P/c1-4-12-23(13-5-1)30(24-14-6-2-7-15-24,25-16-8-3-9-17-25)21-22-20-28-26-18-10-11-19-27(26)29-22/h1-20,30H,21H2. The second-order valence-electron chi connectivity index (χ2n) is 7.53. The van der Waals surface area contributed by atoms with Crippen LogP contribution < -0.4 is 15.9 Å². The van der Waals surface area contributed by atoms with Crippen LogP contribution in [0.25, 0.3) is 11.0 Å². The Morgan fingerprint density at radius 1 is 0.500 bits per heavy atom. The van der Waals surface area contributed by atoms with E-state index in [4.69, 9.17) is 9.97 Å². The molecular weight excluding hydrogens is 383 g/mol. The van der Waals surface area contributed by atoms with Gasteiger partial charge in [0.15, 0.2) is 0 Å². The molecule has 0 saturated heterocycles. The third kappa shape index (κ3) is 3.40. The quantitative estimate of drug-likeness (QED) is 0.390. The van der Waals surface area contributed by atoms with Crippen LogP contribution in [0.3, 0.4) is 0 Å². The molecule has 0 amide bonds. The molecule has 1 aromatic heterocycles. The van der Waals surface area contributed by atoms with Gasteiger partial charge in [-0.1, -0.05) is 0 Å². The zero-order valence-corrected chi connectivity index (χ0v) is 17.6. The van der Waals surface area contributed by atoms with Crippen LogP contribution in [0, 0.1) is 0 Å². The zero-order chi connectivity index (χ0) is 20.2. The summed E-state index contributed by atoms with van der Waals surface area (Å²) in [7, 11) is -2.35. The first kappa shape index (κ1) is 18.7. The zero-order valence-electron chi connectivity index (χ0n) is 16.6. The molecule has 0 spiro atoms. The molecule has 3 heteroatoms. The Hall–Kier alpha value is -3.35. The van der Waals surface area contributed by atoms with Gasteiger partial charge in [-0.15, -0.1) is 0 Å². The predicted octanol–water partition coefficient (Wildman–Crippen LogP) is 4.86. The third-order valence-electron chi connectivity index (χ3n) is 5.74. The number of aromatic nitrogens is 2. The van der Waals surface area contributed by atoms with E-state index < -0.39 is 7.26 Å². The van der Waals surface area contributed by atoms with Gasteiger partial charge in [0.2, 0.25) is 0 Å². The Labute approximate surface area is 177 Å². The van der Waals surface area contributed by atoms with Gasteiger partial charge < -0.3 is 0 Å². The molecule has 0 aliphatic carbocycles. The van der Waals surface area contributed by atoms with E-state index in [-0.39, 0.29) is 0 Å². The summed E-state index contributed by atoms with van der Waals surface area (Å²) in [5, 5.41) is 4.16. The number of fused-ring (bicyclic) bond motifs is 1. The van der Waals surface area contributed by atoms with Crippen molar-refractivity contribution in [1.29, 1.82) is 0 Å². The van der Waals surface area contributed by atoms with Crippen LogP contribution in [0.2, 0.25) is 0 Å². The van der Waals surface area contributed by atoms with Gasteiger partial charge in [0.05, 0.1) is 0 Å². The van der Waals surface area contributed by atoms with Crippen molar-refractivity contribution < 1.29 is 0 Å². The van der Waals surface area contributed by atoms with Crippen LogP contribution in [0.4, 0.5) is 0 Å². The van der Waals surface area contributed by atoms with Gasteiger partial charge in [0, 0.05) is 0 Å². The molecule has 4 aromatic carbocycles. The first-order chi connectivity index (χ1) is 14.9. The van der Waals surface area contributed by atoms with E-state index in [1.54, 1.807) is 0 Å². The van der Waals surface area contributed by atoms with Crippen molar-refractivity contribution in [2.24, 2.45) is 0 Å². The normalized spacial score (nSPS) is 12.0. The van der Waals surface area contributed by atoms with Crippen molar-refractivity contribution in [1.82, 2.24) is 9.97 Å². The Morgan fingerprint density at radius 2 is 0.933 bits per heavy atom. The van der Waals surface area contributed by atoms with Crippen molar-refractivity contribution in [3.8, 4) is 0 Å². The molecule has 2 nitrogen and oxygen atoms in total. The van der Waals surface area contributed by atoms with Gasteiger partial charge in [-0.3, -0.25) is 0 Å². The molecule has 0 saturated carbocycles. The average Bonchev–Trinajstić information content (AvgIpc) is 2.84. The fourth-order valence-corrected chi connectivity index (χ4v) is 8.94. The summed E-state index contributed by atoms with van der Waals surface area (Å²) < 4.78 is 0. The van der Waals surface area contributed by atoms with Gasteiger partial charge in [0.1, 0.15) is 0 Å². The molecule has 5 aromatic rings. The molecule has 5 rings (SSSR count). The van der Waals surface area contributed by atoms with E-state index in [2.05, 4.69) is 91.0 Å². The molecule has 0 unspecified atom stereocenters. The van der Waals surface area contributed by atoms with Crippen molar-refractivity contribution in [2.75, 3.05) is 0 Å². The molecule has 0 radical (unpaired) electrons. The summed E-state index contributed by atoms with van der Waals surface area (Å²) in [6.45, 7) is 0. The first-order valence-corrected chi connectivity index (χ1v) is 12.4. The monoisotopic (exact) mass is 406 g/mol. The number of para-hydroxylation sites is 2. The summed E-state index contributed by atoms with van der Waals surface area (Å²) in [5.41, 5.74) is 2.93. The SMILES string of the molecule is c1ccc([PH](Cc2cnc3ccccc3n2)(c2ccccc2)c2ccccc2)cc1. The molecule has 0 aliphatic heterocycles. The van der Waals surface area contributed by atoms with E-state index in [1.807, 2.05) is 30.5 Å². The third-order valence-corrected chi connectivity index (χ3v) is 10.6. The maximum atomic E-state index is 5.01. The summed E-state index contributed by atoms with van der Waals surface area (Å²) >= 11 is 0. The topological polar surface area (TPSA) is 25.8 Å². The van der Waals surface area contributed by atoms with Crippen molar-refractivity contribution in [3.63, 3.8) is 0 Å². The summed E-state index contributed by atoms with van der Waals surface area (Å²) in [6, 6.07) is 40.9. The van der Waals surface area contributed by atoms with Gasteiger partial charge in [-0.25, -0.2) is 0 Å². The van der Waals surface area contributed by atoms with Crippen LogP contribution in [0.5, 0.6) is 0 Å². The van der Waals surface area contributed by atoms with Gasteiger partial charge in [-0.2, -0.15) is 0 Å². The van der Waals surface area contributed by atoms with E-state index in [0.29, 0.717) is 0 Å². The number of nitrogens with zero attached hydrogens (tertiary/aromatic N) is 2. The van der Waals surface area contributed by atoms with E-state index in [1.165, 1.54) is 15.9 Å². The van der Waals surface area contributed by atoms with Crippen molar-refractivity contribution in [2.45, 2.75) is 6.16 Å². The van der Waals surface area contributed by atoms with Gasteiger partial charge in [0.25, 0.3) is 0 Å². The van der Waals surface area contributed by atoms with E-state index in [9.17, 15) is 0 Å². The Kier molecular flexibility index (Phi) is 5.09. The molecule has 30 heavy (non-hydrogen) atoms. The second kappa shape index (κ2) is 8.18. The molecule has 0 N–H and O–H groups in total. The first-order valence-electron chi connectivity index (χ1n) is 10.2. The fraction of sp³-hybridized carbons (Fsp3) is 0.0370. The molecular formula is C27H23N2P. The van der Waals surface area contributed by atoms with E-state index >= 15 is 0 Å². The van der Waals surface area contributed by atoms with Crippen molar-refractivity contribution in [3.05, 3.63) is 127 Å². The van der Waals surface area contributed by atoms with E-state index in [0.717, 1.165) is 22.9 Å².